The van der Waals surface area contributed by atoms with Crippen molar-refractivity contribution < 1.29 is 5.11 Å². The Morgan fingerprint density at radius 3 is 1.76 bits per heavy atom. The van der Waals surface area contributed by atoms with Crippen molar-refractivity contribution >= 4 is 0 Å². The number of aliphatic hydroxyl groups is 1. The molecule has 0 spiro atoms. The first kappa shape index (κ1) is 19.0. The second kappa shape index (κ2) is 7.61. The molecule has 0 radical (unpaired) electrons. The first-order chi connectivity index (χ1) is 14.0. The van der Waals surface area contributed by atoms with Crippen LogP contribution >= 0.6 is 0 Å². The number of aryl methyl sites for hydroxylation is 3. The van der Waals surface area contributed by atoms with Gasteiger partial charge in [0.1, 0.15) is 0 Å². The molecule has 0 saturated heterocycles. The molecule has 3 nitrogen and oxygen atoms in total. The van der Waals surface area contributed by atoms with Gasteiger partial charge >= 0.3 is 0 Å². The standard InChI is InChI=1S/C26H24N2O/c1-18-16-19(2)24(20(3)17-18)25-27-15-14-23(28-25)26(29,21-10-6-4-7-11-21)22-12-8-5-9-13-22/h4-17,29H,1-3H3. The van der Waals surface area contributed by atoms with E-state index in [1.165, 1.54) is 5.56 Å². The highest BCUT2D eigenvalue weighted by molar-refractivity contribution is 5.65. The predicted octanol–water partition coefficient (Wildman–Crippen LogP) is 5.35. The van der Waals surface area contributed by atoms with Gasteiger partial charge in [-0.05, 0) is 49.1 Å². The normalized spacial score (nSPS) is 11.4. The second-order valence-corrected chi connectivity index (χ2v) is 7.48. The highest BCUT2D eigenvalue weighted by atomic mass is 16.3. The molecule has 29 heavy (non-hydrogen) atoms. The van der Waals surface area contributed by atoms with E-state index in [1.807, 2.05) is 60.7 Å². The summed E-state index contributed by atoms with van der Waals surface area (Å²) < 4.78 is 0. The van der Waals surface area contributed by atoms with Crippen molar-refractivity contribution in [1.82, 2.24) is 9.97 Å². The monoisotopic (exact) mass is 380 g/mol. The Kier molecular flexibility index (Phi) is 4.99. The molecule has 0 fully saturated rings. The average Bonchev–Trinajstić information content (AvgIpc) is 2.74. The van der Waals surface area contributed by atoms with Gasteiger partial charge in [0.05, 0.1) is 5.69 Å². The second-order valence-electron chi connectivity index (χ2n) is 7.48. The third-order valence-electron chi connectivity index (χ3n) is 5.31. The summed E-state index contributed by atoms with van der Waals surface area (Å²) in [5.41, 5.74) is 5.21. The van der Waals surface area contributed by atoms with Crippen molar-refractivity contribution in [2.24, 2.45) is 0 Å². The van der Waals surface area contributed by atoms with E-state index in [4.69, 9.17) is 4.98 Å². The molecule has 144 valence electrons. The number of hydrogen-bond acceptors (Lipinski definition) is 3. The molecule has 4 aromatic rings. The smallest absolute Gasteiger partial charge is 0.160 e. The van der Waals surface area contributed by atoms with Crippen LogP contribution in [0.3, 0.4) is 0 Å². The summed E-state index contributed by atoms with van der Waals surface area (Å²) in [7, 11) is 0. The van der Waals surface area contributed by atoms with Gasteiger partial charge in [-0.25, -0.2) is 9.97 Å². The molecule has 0 saturated carbocycles. The molecule has 1 heterocycles. The van der Waals surface area contributed by atoms with Crippen molar-refractivity contribution in [2.75, 3.05) is 0 Å². The molecular formula is C26H24N2O. The summed E-state index contributed by atoms with van der Waals surface area (Å²) in [4.78, 5) is 9.40. The first-order valence-corrected chi connectivity index (χ1v) is 9.75. The zero-order valence-electron chi connectivity index (χ0n) is 16.9. The van der Waals surface area contributed by atoms with Crippen molar-refractivity contribution in [3.05, 3.63) is 119 Å². The van der Waals surface area contributed by atoms with E-state index >= 15 is 0 Å². The molecule has 0 bridgehead atoms. The van der Waals surface area contributed by atoms with Crippen LogP contribution in [0.4, 0.5) is 0 Å². The molecule has 0 aliphatic rings. The molecule has 0 aliphatic heterocycles. The summed E-state index contributed by atoms with van der Waals surface area (Å²) in [6.45, 7) is 6.24. The van der Waals surface area contributed by atoms with Gasteiger partial charge in [0, 0.05) is 11.8 Å². The Balaban J connectivity index is 1.94. The minimum absolute atomic E-state index is 0.555. The van der Waals surface area contributed by atoms with Crippen LogP contribution in [0.1, 0.15) is 33.5 Å². The minimum Gasteiger partial charge on any atom is -0.374 e. The van der Waals surface area contributed by atoms with Crippen LogP contribution in [-0.2, 0) is 5.60 Å². The van der Waals surface area contributed by atoms with Gasteiger partial charge in [0.2, 0.25) is 0 Å². The van der Waals surface area contributed by atoms with Crippen molar-refractivity contribution in [3.8, 4) is 11.4 Å². The molecule has 0 amide bonds. The van der Waals surface area contributed by atoms with Crippen LogP contribution in [0.2, 0.25) is 0 Å². The quantitative estimate of drug-likeness (QED) is 0.519. The van der Waals surface area contributed by atoms with Crippen molar-refractivity contribution in [3.63, 3.8) is 0 Å². The van der Waals surface area contributed by atoms with Crippen LogP contribution in [0.25, 0.3) is 11.4 Å². The van der Waals surface area contributed by atoms with E-state index in [1.54, 1.807) is 12.3 Å². The number of rotatable bonds is 4. The molecule has 1 N–H and O–H groups in total. The lowest BCUT2D eigenvalue weighted by Crippen LogP contribution is -2.30. The number of aromatic nitrogens is 2. The predicted molar refractivity (Wildman–Crippen MR) is 117 cm³/mol. The van der Waals surface area contributed by atoms with Crippen LogP contribution in [0, 0.1) is 20.8 Å². The molecular weight excluding hydrogens is 356 g/mol. The molecule has 3 heteroatoms. The summed E-state index contributed by atoms with van der Waals surface area (Å²) in [5.74, 6) is 0.628. The van der Waals surface area contributed by atoms with Crippen LogP contribution in [-0.4, -0.2) is 15.1 Å². The van der Waals surface area contributed by atoms with Gasteiger partial charge in [0.25, 0.3) is 0 Å². The van der Waals surface area contributed by atoms with Crippen molar-refractivity contribution in [1.29, 1.82) is 0 Å². The Labute approximate surface area is 171 Å². The summed E-state index contributed by atoms with van der Waals surface area (Å²) >= 11 is 0. The summed E-state index contributed by atoms with van der Waals surface area (Å²) in [5, 5.41) is 12.0. The van der Waals surface area contributed by atoms with Gasteiger partial charge in [-0.2, -0.15) is 0 Å². The SMILES string of the molecule is Cc1cc(C)c(-c2nccc(C(O)(c3ccccc3)c3ccccc3)n2)c(C)c1. The number of hydrogen-bond donors (Lipinski definition) is 1. The fourth-order valence-corrected chi connectivity index (χ4v) is 4.03. The van der Waals surface area contributed by atoms with Crippen molar-refractivity contribution in [2.45, 2.75) is 26.4 Å². The largest absolute Gasteiger partial charge is 0.374 e. The number of nitrogens with zero attached hydrogens (tertiary/aromatic N) is 2. The zero-order chi connectivity index (χ0) is 20.4. The molecule has 0 atom stereocenters. The fourth-order valence-electron chi connectivity index (χ4n) is 4.03. The Morgan fingerprint density at radius 2 is 1.24 bits per heavy atom. The Bertz CT molecular complexity index is 1080. The first-order valence-electron chi connectivity index (χ1n) is 9.75. The van der Waals surface area contributed by atoms with Crippen LogP contribution < -0.4 is 0 Å². The van der Waals surface area contributed by atoms with Gasteiger partial charge in [-0.15, -0.1) is 0 Å². The lowest BCUT2D eigenvalue weighted by Gasteiger charge is -2.29. The maximum absolute atomic E-state index is 12.0. The molecule has 3 aromatic carbocycles. The van der Waals surface area contributed by atoms with E-state index in [0.717, 1.165) is 27.8 Å². The molecule has 0 unspecified atom stereocenters. The van der Waals surface area contributed by atoms with E-state index in [-0.39, 0.29) is 0 Å². The van der Waals surface area contributed by atoms with E-state index in [2.05, 4.69) is 37.9 Å². The third kappa shape index (κ3) is 3.45. The van der Waals surface area contributed by atoms with Gasteiger partial charge < -0.3 is 5.11 Å². The minimum atomic E-state index is -1.37. The molecule has 1 aromatic heterocycles. The fraction of sp³-hybridized carbons (Fsp3) is 0.154. The zero-order valence-corrected chi connectivity index (χ0v) is 16.9. The highest BCUT2D eigenvalue weighted by Gasteiger charge is 2.35. The maximum Gasteiger partial charge on any atom is 0.160 e. The van der Waals surface area contributed by atoms with Gasteiger partial charge in [-0.3, -0.25) is 0 Å². The lowest BCUT2D eigenvalue weighted by atomic mass is 9.83. The topological polar surface area (TPSA) is 46.0 Å². The Morgan fingerprint density at radius 1 is 0.724 bits per heavy atom. The summed E-state index contributed by atoms with van der Waals surface area (Å²) in [6.07, 6.45) is 1.73. The van der Waals surface area contributed by atoms with E-state index in [9.17, 15) is 5.11 Å². The third-order valence-corrected chi connectivity index (χ3v) is 5.31. The van der Waals surface area contributed by atoms with E-state index < -0.39 is 5.60 Å². The summed E-state index contributed by atoms with van der Waals surface area (Å²) in [6, 6.07) is 25.4. The Hall–Kier alpha value is -3.30. The molecule has 0 aliphatic carbocycles. The van der Waals surface area contributed by atoms with Crippen LogP contribution in [0.15, 0.2) is 85.1 Å². The van der Waals surface area contributed by atoms with Gasteiger partial charge in [-0.1, -0.05) is 78.4 Å². The lowest BCUT2D eigenvalue weighted by molar-refractivity contribution is 0.121. The van der Waals surface area contributed by atoms with E-state index in [0.29, 0.717) is 11.5 Å². The number of benzene rings is 3. The van der Waals surface area contributed by atoms with Crippen LogP contribution in [0.5, 0.6) is 0 Å². The maximum atomic E-state index is 12.0. The van der Waals surface area contributed by atoms with Gasteiger partial charge in [0.15, 0.2) is 11.4 Å². The average molecular weight is 380 g/mol. The highest BCUT2D eigenvalue weighted by Crippen LogP contribution is 2.36. The molecule has 4 rings (SSSR count).